The van der Waals surface area contributed by atoms with Crippen LogP contribution < -0.4 is 9.64 Å². The van der Waals surface area contributed by atoms with Crippen LogP contribution in [0.1, 0.15) is 24.0 Å². The van der Waals surface area contributed by atoms with E-state index in [4.69, 9.17) is 14.2 Å². The third-order valence-corrected chi connectivity index (χ3v) is 3.43. The summed E-state index contributed by atoms with van der Waals surface area (Å²) in [5, 5.41) is 0. The van der Waals surface area contributed by atoms with E-state index in [1.807, 2.05) is 0 Å². The van der Waals surface area contributed by atoms with Crippen molar-refractivity contribution in [1.29, 1.82) is 0 Å². The minimum absolute atomic E-state index is 0.100. The molecule has 2 aromatic rings. The summed E-state index contributed by atoms with van der Waals surface area (Å²) in [5.41, 5.74) is -0.431. The first-order valence-electron chi connectivity index (χ1n) is 7.32. The molecule has 6 nitrogen and oxygen atoms in total. The molecule has 0 saturated heterocycles. The quantitative estimate of drug-likeness (QED) is 0.830. The average molecular weight is 348 g/mol. The number of amides is 1. The lowest BCUT2D eigenvalue weighted by molar-refractivity contribution is -0.0308. The topological polar surface area (TPSA) is 60.9 Å². The van der Waals surface area contributed by atoms with Gasteiger partial charge < -0.3 is 14.2 Å². The number of benzene rings is 1. The highest BCUT2D eigenvalue weighted by atomic mass is 19.3. The van der Waals surface area contributed by atoms with E-state index in [1.54, 1.807) is 30.3 Å². The van der Waals surface area contributed by atoms with E-state index < -0.39 is 18.8 Å². The first-order valence-corrected chi connectivity index (χ1v) is 7.32. The van der Waals surface area contributed by atoms with Crippen molar-refractivity contribution in [3.8, 4) is 5.75 Å². The van der Waals surface area contributed by atoms with Gasteiger partial charge in [0.15, 0.2) is 0 Å². The molecule has 8 heteroatoms. The van der Waals surface area contributed by atoms with Gasteiger partial charge in [0.2, 0.25) is 0 Å². The summed E-state index contributed by atoms with van der Waals surface area (Å²) in [7, 11) is 1.42. The first kappa shape index (κ1) is 16.7. The van der Waals surface area contributed by atoms with Crippen LogP contribution in [0.15, 0.2) is 55.0 Å². The van der Waals surface area contributed by atoms with Crippen LogP contribution in [0.25, 0.3) is 0 Å². The van der Waals surface area contributed by atoms with E-state index in [-0.39, 0.29) is 17.1 Å². The lowest BCUT2D eigenvalue weighted by atomic mass is 10.2. The highest BCUT2D eigenvalue weighted by molar-refractivity contribution is 5.87. The lowest BCUT2D eigenvalue weighted by Crippen LogP contribution is -2.30. The zero-order chi connectivity index (χ0) is 17.8. The smallest absolute Gasteiger partial charge is 0.420 e. The summed E-state index contributed by atoms with van der Waals surface area (Å²) in [5.74, 6) is 0.481. The zero-order valence-corrected chi connectivity index (χ0v) is 13.1. The SMILES string of the molecule is CN(C(=O)Oc1ccccc1)c1ccc(C(F)F)c(C2OC=CO2)n1. The molecule has 2 heterocycles. The molecule has 0 radical (unpaired) electrons. The Morgan fingerprint density at radius 2 is 1.84 bits per heavy atom. The van der Waals surface area contributed by atoms with Gasteiger partial charge in [-0.2, -0.15) is 0 Å². The summed E-state index contributed by atoms with van der Waals surface area (Å²) < 4.78 is 41.7. The fourth-order valence-corrected chi connectivity index (χ4v) is 2.15. The van der Waals surface area contributed by atoms with Crippen molar-refractivity contribution in [3.63, 3.8) is 0 Å². The molecule has 0 bridgehead atoms. The van der Waals surface area contributed by atoms with Crippen LogP contribution in [0.3, 0.4) is 0 Å². The number of anilines is 1. The predicted octanol–water partition coefficient (Wildman–Crippen LogP) is 4.17. The van der Waals surface area contributed by atoms with Crippen LogP contribution in [0.4, 0.5) is 19.4 Å². The number of hydrogen-bond donors (Lipinski definition) is 0. The molecular formula is C17H14F2N2O4. The van der Waals surface area contributed by atoms with Gasteiger partial charge in [-0.05, 0) is 24.3 Å². The van der Waals surface area contributed by atoms with E-state index >= 15 is 0 Å². The van der Waals surface area contributed by atoms with Crippen LogP contribution in [-0.2, 0) is 9.47 Å². The molecule has 0 N–H and O–H groups in total. The van der Waals surface area contributed by atoms with Crippen LogP contribution in [0, 0.1) is 0 Å². The number of ether oxygens (including phenoxy) is 3. The molecule has 3 rings (SSSR count). The summed E-state index contributed by atoms with van der Waals surface area (Å²) in [6.45, 7) is 0. The van der Waals surface area contributed by atoms with Crippen LogP contribution in [0.2, 0.25) is 0 Å². The Balaban J connectivity index is 1.83. The molecule has 0 spiro atoms. The molecule has 25 heavy (non-hydrogen) atoms. The molecule has 0 saturated carbocycles. The van der Waals surface area contributed by atoms with Crippen molar-refractivity contribution in [2.24, 2.45) is 0 Å². The number of pyridine rings is 1. The average Bonchev–Trinajstić information content (AvgIpc) is 3.16. The third-order valence-electron chi connectivity index (χ3n) is 3.43. The number of para-hydroxylation sites is 1. The highest BCUT2D eigenvalue weighted by Crippen LogP contribution is 2.32. The number of alkyl halides is 2. The molecule has 0 aliphatic carbocycles. The molecule has 1 aliphatic heterocycles. The summed E-state index contributed by atoms with van der Waals surface area (Å²) in [4.78, 5) is 17.4. The van der Waals surface area contributed by atoms with E-state index in [1.165, 1.54) is 31.7 Å². The lowest BCUT2D eigenvalue weighted by Gasteiger charge is -2.19. The number of nitrogens with zero attached hydrogens (tertiary/aromatic N) is 2. The maximum absolute atomic E-state index is 13.2. The molecule has 1 aromatic heterocycles. The predicted molar refractivity (Wildman–Crippen MR) is 84.1 cm³/mol. The third kappa shape index (κ3) is 3.68. The van der Waals surface area contributed by atoms with E-state index in [9.17, 15) is 13.6 Å². The maximum atomic E-state index is 13.2. The van der Waals surface area contributed by atoms with Crippen molar-refractivity contribution in [1.82, 2.24) is 4.98 Å². The fraction of sp³-hybridized carbons (Fsp3) is 0.176. The Kier molecular flexibility index (Phi) is 4.78. The fourth-order valence-electron chi connectivity index (χ4n) is 2.15. The summed E-state index contributed by atoms with van der Waals surface area (Å²) >= 11 is 0. The Hall–Kier alpha value is -3.16. The van der Waals surface area contributed by atoms with Crippen LogP contribution >= 0.6 is 0 Å². The molecule has 0 fully saturated rings. The number of rotatable bonds is 4. The minimum atomic E-state index is -2.76. The Labute approximate surface area is 142 Å². The molecule has 1 aromatic carbocycles. The van der Waals surface area contributed by atoms with Crippen molar-refractivity contribution in [2.45, 2.75) is 12.7 Å². The molecule has 130 valence electrons. The first-order chi connectivity index (χ1) is 12.1. The standard InChI is InChI=1S/C17H14F2N2O4/c1-21(17(22)25-11-5-3-2-4-6-11)13-8-7-12(15(18)19)14(20-13)16-23-9-10-24-16/h2-10,15-16H,1H3. The van der Waals surface area contributed by atoms with Crippen molar-refractivity contribution < 1.29 is 27.8 Å². The molecular weight excluding hydrogens is 334 g/mol. The van der Waals surface area contributed by atoms with Gasteiger partial charge in [-0.3, -0.25) is 4.90 Å². The van der Waals surface area contributed by atoms with Crippen molar-refractivity contribution in [3.05, 3.63) is 66.2 Å². The van der Waals surface area contributed by atoms with E-state index in [2.05, 4.69) is 4.98 Å². The number of hydrogen-bond acceptors (Lipinski definition) is 5. The highest BCUT2D eigenvalue weighted by Gasteiger charge is 2.27. The number of halogens is 2. The van der Waals surface area contributed by atoms with Gasteiger partial charge in [0.25, 0.3) is 12.7 Å². The molecule has 1 aliphatic rings. The monoisotopic (exact) mass is 348 g/mol. The molecule has 1 amide bonds. The number of aromatic nitrogens is 1. The van der Waals surface area contributed by atoms with Gasteiger partial charge in [0, 0.05) is 12.6 Å². The number of carbonyl (C=O) groups is 1. The summed E-state index contributed by atoms with van der Waals surface area (Å²) in [6.07, 6.45) is -2.07. The summed E-state index contributed by atoms with van der Waals surface area (Å²) in [6, 6.07) is 11.0. The Morgan fingerprint density at radius 3 is 2.48 bits per heavy atom. The number of carbonyl (C=O) groups excluding carboxylic acids is 1. The zero-order valence-electron chi connectivity index (χ0n) is 13.1. The van der Waals surface area contributed by atoms with Crippen LogP contribution in [0.5, 0.6) is 5.75 Å². The van der Waals surface area contributed by atoms with E-state index in [0.717, 1.165) is 4.90 Å². The van der Waals surface area contributed by atoms with Crippen molar-refractivity contribution in [2.75, 3.05) is 11.9 Å². The van der Waals surface area contributed by atoms with Gasteiger partial charge in [0.1, 0.15) is 29.8 Å². The van der Waals surface area contributed by atoms with E-state index in [0.29, 0.717) is 5.75 Å². The second-order valence-electron chi connectivity index (χ2n) is 5.06. The normalized spacial score (nSPS) is 13.4. The second-order valence-corrected chi connectivity index (χ2v) is 5.06. The maximum Gasteiger partial charge on any atom is 0.420 e. The van der Waals surface area contributed by atoms with Gasteiger partial charge in [-0.25, -0.2) is 18.6 Å². The Bertz CT molecular complexity index is 775. The molecule has 0 unspecified atom stereocenters. The van der Waals surface area contributed by atoms with Gasteiger partial charge in [-0.15, -0.1) is 0 Å². The van der Waals surface area contributed by atoms with Crippen LogP contribution in [-0.4, -0.2) is 18.1 Å². The largest absolute Gasteiger partial charge is 0.454 e. The van der Waals surface area contributed by atoms with Gasteiger partial charge in [-0.1, -0.05) is 18.2 Å². The van der Waals surface area contributed by atoms with Crippen molar-refractivity contribution >= 4 is 11.9 Å². The van der Waals surface area contributed by atoms with Gasteiger partial charge >= 0.3 is 6.09 Å². The second kappa shape index (κ2) is 7.16. The Morgan fingerprint density at radius 1 is 1.16 bits per heavy atom. The minimum Gasteiger partial charge on any atom is -0.454 e. The molecule has 0 atom stereocenters. The van der Waals surface area contributed by atoms with Gasteiger partial charge in [0.05, 0.1) is 0 Å².